The average molecular weight is 287 g/mol. The van der Waals surface area contributed by atoms with Gasteiger partial charge in [-0.1, -0.05) is 12.1 Å². The third-order valence-corrected chi connectivity index (χ3v) is 4.28. The number of benzene rings is 1. The van der Waals surface area contributed by atoms with Crippen LogP contribution in [0.5, 0.6) is 5.75 Å². The van der Waals surface area contributed by atoms with Crippen molar-refractivity contribution in [1.29, 1.82) is 5.26 Å². The van der Waals surface area contributed by atoms with Crippen molar-refractivity contribution in [3.63, 3.8) is 0 Å². The predicted molar refractivity (Wildman–Crippen MR) is 84.2 cm³/mol. The van der Waals surface area contributed by atoms with Crippen LogP contribution < -0.4 is 4.74 Å². The monoisotopic (exact) mass is 287 g/mol. The first-order valence-electron chi connectivity index (χ1n) is 7.68. The minimum atomic E-state index is -0.209. The molecule has 2 rings (SSSR count). The van der Waals surface area contributed by atoms with Crippen molar-refractivity contribution in [2.45, 2.75) is 31.8 Å². The highest BCUT2D eigenvalue weighted by Crippen LogP contribution is 2.27. The van der Waals surface area contributed by atoms with E-state index in [-0.39, 0.29) is 6.04 Å². The van der Waals surface area contributed by atoms with Gasteiger partial charge < -0.3 is 9.64 Å². The summed E-state index contributed by atoms with van der Waals surface area (Å²) >= 11 is 0. The van der Waals surface area contributed by atoms with Crippen LogP contribution in [0.4, 0.5) is 0 Å². The summed E-state index contributed by atoms with van der Waals surface area (Å²) in [5, 5.41) is 9.61. The number of nitrogens with zero attached hydrogens (tertiary/aromatic N) is 3. The summed E-state index contributed by atoms with van der Waals surface area (Å²) < 4.78 is 5.55. The Labute approximate surface area is 127 Å². The fraction of sp³-hybridized carbons (Fsp3) is 0.588. The summed E-state index contributed by atoms with van der Waals surface area (Å²) in [6.45, 7) is 4.82. The van der Waals surface area contributed by atoms with Crippen LogP contribution in [0.3, 0.4) is 0 Å². The van der Waals surface area contributed by atoms with Gasteiger partial charge in [0.1, 0.15) is 11.8 Å². The Kier molecular flexibility index (Phi) is 5.60. The quantitative estimate of drug-likeness (QED) is 0.834. The fourth-order valence-electron chi connectivity index (χ4n) is 2.95. The largest absolute Gasteiger partial charge is 0.494 e. The van der Waals surface area contributed by atoms with E-state index in [0.29, 0.717) is 12.6 Å². The van der Waals surface area contributed by atoms with Crippen LogP contribution in [-0.2, 0) is 0 Å². The molecule has 1 aromatic carbocycles. The Hall–Kier alpha value is -1.57. The van der Waals surface area contributed by atoms with Crippen LogP contribution in [0.2, 0.25) is 0 Å². The van der Waals surface area contributed by atoms with Gasteiger partial charge in [-0.15, -0.1) is 0 Å². The molecule has 1 aliphatic heterocycles. The standard InChI is InChI=1S/C17H25N3O/c1-4-21-16-7-5-6-14(12-16)17(13-18)20(3)15-8-10-19(2)11-9-15/h5-7,12,15,17H,4,8-11H2,1-3H3. The highest BCUT2D eigenvalue weighted by Gasteiger charge is 2.27. The van der Waals surface area contributed by atoms with Gasteiger partial charge in [-0.25, -0.2) is 0 Å². The van der Waals surface area contributed by atoms with E-state index in [4.69, 9.17) is 4.74 Å². The molecule has 21 heavy (non-hydrogen) atoms. The third kappa shape index (κ3) is 3.96. The lowest BCUT2D eigenvalue weighted by Crippen LogP contribution is -2.43. The highest BCUT2D eigenvalue weighted by atomic mass is 16.5. The van der Waals surface area contributed by atoms with E-state index < -0.39 is 0 Å². The second-order valence-corrected chi connectivity index (χ2v) is 5.74. The lowest BCUT2D eigenvalue weighted by atomic mass is 9.99. The maximum Gasteiger partial charge on any atom is 0.123 e. The zero-order chi connectivity index (χ0) is 15.2. The Morgan fingerprint density at radius 2 is 2.14 bits per heavy atom. The summed E-state index contributed by atoms with van der Waals surface area (Å²) in [6.07, 6.45) is 2.24. The van der Waals surface area contributed by atoms with E-state index in [1.807, 2.05) is 31.2 Å². The summed E-state index contributed by atoms with van der Waals surface area (Å²) in [6, 6.07) is 10.6. The van der Waals surface area contributed by atoms with Crippen molar-refractivity contribution in [1.82, 2.24) is 9.80 Å². The first-order valence-corrected chi connectivity index (χ1v) is 7.68. The minimum Gasteiger partial charge on any atom is -0.494 e. The molecule has 4 heteroatoms. The van der Waals surface area contributed by atoms with Crippen molar-refractivity contribution in [2.75, 3.05) is 33.8 Å². The Morgan fingerprint density at radius 3 is 2.76 bits per heavy atom. The van der Waals surface area contributed by atoms with Crippen molar-refractivity contribution in [3.05, 3.63) is 29.8 Å². The van der Waals surface area contributed by atoms with Crippen molar-refractivity contribution in [3.8, 4) is 11.8 Å². The lowest BCUT2D eigenvalue weighted by molar-refractivity contribution is 0.126. The molecule has 0 aliphatic carbocycles. The van der Waals surface area contributed by atoms with Crippen LogP contribution in [0, 0.1) is 11.3 Å². The van der Waals surface area contributed by atoms with E-state index in [1.54, 1.807) is 0 Å². The van der Waals surface area contributed by atoms with Gasteiger partial charge in [0.2, 0.25) is 0 Å². The van der Waals surface area contributed by atoms with Crippen molar-refractivity contribution < 1.29 is 4.74 Å². The third-order valence-electron chi connectivity index (χ3n) is 4.28. The molecule has 0 saturated carbocycles. The van der Waals surface area contributed by atoms with Crippen LogP contribution in [0.1, 0.15) is 31.4 Å². The maximum absolute atomic E-state index is 9.61. The Bertz CT molecular complexity index is 489. The number of ether oxygens (including phenoxy) is 1. The molecule has 114 valence electrons. The zero-order valence-corrected chi connectivity index (χ0v) is 13.2. The molecule has 4 nitrogen and oxygen atoms in total. The molecule has 0 amide bonds. The number of rotatable bonds is 5. The molecule has 0 aromatic heterocycles. The molecule has 0 N–H and O–H groups in total. The second kappa shape index (κ2) is 7.44. The summed E-state index contributed by atoms with van der Waals surface area (Å²) in [5.74, 6) is 0.840. The van der Waals surface area contributed by atoms with Gasteiger partial charge >= 0.3 is 0 Å². The van der Waals surface area contributed by atoms with Crippen molar-refractivity contribution in [2.24, 2.45) is 0 Å². The van der Waals surface area contributed by atoms with E-state index in [0.717, 1.165) is 37.2 Å². The maximum atomic E-state index is 9.61. The second-order valence-electron chi connectivity index (χ2n) is 5.74. The highest BCUT2D eigenvalue weighted by molar-refractivity contribution is 5.33. The van der Waals surface area contributed by atoms with E-state index in [2.05, 4.69) is 30.0 Å². The molecule has 1 atom stereocenters. The van der Waals surface area contributed by atoms with Gasteiger partial charge in [-0.3, -0.25) is 4.90 Å². The van der Waals surface area contributed by atoms with Gasteiger partial charge in [0.05, 0.1) is 12.7 Å². The molecule has 1 aromatic rings. The summed E-state index contributed by atoms with van der Waals surface area (Å²) in [4.78, 5) is 4.57. The molecule has 1 fully saturated rings. The molecule has 0 spiro atoms. The topological polar surface area (TPSA) is 39.5 Å². The van der Waals surface area contributed by atoms with Gasteiger partial charge in [0, 0.05) is 6.04 Å². The van der Waals surface area contributed by atoms with E-state index in [1.165, 1.54) is 0 Å². The summed E-state index contributed by atoms with van der Waals surface area (Å²) in [7, 11) is 4.22. The molecule has 1 saturated heterocycles. The smallest absolute Gasteiger partial charge is 0.123 e. The van der Waals surface area contributed by atoms with E-state index >= 15 is 0 Å². The average Bonchev–Trinajstić information content (AvgIpc) is 2.49. The van der Waals surface area contributed by atoms with Crippen LogP contribution >= 0.6 is 0 Å². The summed E-state index contributed by atoms with van der Waals surface area (Å²) in [5.41, 5.74) is 1.02. The Morgan fingerprint density at radius 1 is 1.43 bits per heavy atom. The molecule has 1 aliphatic rings. The molecule has 1 heterocycles. The zero-order valence-electron chi connectivity index (χ0n) is 13.2. The van der Waals surface area contributed by atoms with Crippen LogP contribution in [-0.4, -0.2) is 49.6 Å². The fourth-order valence-corrected chi connectivity index (χ4v) is 2.95. The molecule has 0 radical (unpaired) electrons. The van der Waals surface area contributed by atoms with Crippen molar-refractivity contribution >= 4 is 0 Å². The van der Waals surface area contributed by atoms with Gasteiger partial charge in [0.15, 0.2) is 0 Å². The number of nitriles is 1. The molecule has 1 unspecified atom stereocenters. The molecular weight excluding hydrogens is 262 g/mol. The number of hydrogen-bond acceptors (Lipinski definition) is 4. The van der Waals surface area contributed by atoms with Crippen LogP contribution in [0.15, 0.2) is 24.3 Å². The Balaban J connectivity index is 2.11. The number of piperidine rings is 1. The molecule has 0 bridgehead atoms. The van der Waals surface area contributed by atoms with Gasteiger partial charge in [-0.2, -0.15) is 5.26 Å². The number of hydrogen-bond donors (Lipinski definition) is 0. The minimum absolute atomic E-state index is 0.209. The van der Waals surface area contributed by atoms with E-state index in [9.17, 15) is 5.26 Å². The number of likely N-dealkylation sites (tertiary alicyclic amines) is 1. The van der Waals surface area contributed by atoms with Gasteiger partial charge in [0.25, 0.3) is 0 Å². The SMILES string of the molecule is CCOc1cccc(C(C#N)N(C)C2CCN(C)CC2)c1. The van der Waals surface area contributed by atoms with Crippen LogP contribution in [0.25, 0.3) is 0 Å². The van der Waals surface area contributed by atoms with Gasteiger partial charge in [-0.05, 0) is 64.6 Å². The first kappa shape index (κ1) is 15.8. The lowest BCUT2D eigenvalue weighted by Gasteiger charge is -2.37. The normalized spacial score (nSPS) is 18.4. The predicted octanol–water partition coefficient (Wildman–Crippen LogP) is 2.68. The molecular formula is C17H25N3O. The first-order chi connectivity index (χ1) is 10.2.